The summed E-state index contributed by atoms with van der Waals surface area (Å²) in [5, 5.41) is 6.59. The third kappa shape index (κ3) is 5.30. The maximum atomic E-state index is 12.9. The van der Waals surface area contributed by atoms with Crippen molar-refractivity contribution in [1.82, 2.24) is 15.5 Å². The van der Waals surface area contributed by atoms with Crippen LogP contribution in [0.5, 0.6) is 0 Å². The number of hydrogen-bond donors (Lipinski definition) is 2. The average Bonchev–Trinajstić information content (AvgIpc) is 2.54. The smallest absolute Gasteiger partial charge is 0.191 e. The van der Waals surface area contributed by atoms with Crippen LogP contribution < -0.4 is 10.6 Å². The second-order valence-corrected chi connectivity index (χ2v) is 5.86. The molecular weight excluding hydrogens is 279 g/mol. The van der Waals surface area contributed by atoms with Gasteiger partial charge in [0.15, 0.2) is 5.96 Å². The van der Waals surface area contributed by atoms with E-state index in [2.05, 4.69) is 27.4 Å². The van der Waals surface area contributed by atoms with Crippen molar-refractivity contribution < 1.29 is 4.39 Å². The Bertz CT molecular complexity index is 472. The minimum atomic E-state index is -0.207. The van der Waals surface area contributed by atoms with E-state index in [9.17, 15) is 4.39 Å². The molecule has 0 aliphatic carbocycles. The molecule has 1 aromatic rings. The third-order valence-electron chi connectivity index (χ3n) is 4.23. The monoisotopic (exact) mass is 306 g/mol. The minimum Gasteiger partial charge on any atom is -0.355 e. The highest BCUT2D eigenvalue weighted by Gasteiger charge is 2.17. The number of rotatable bonds is 5. The van der Waals surface area contributed by atoms with Crippen LogP contribution in [-0.2, 0) is 6.54 Å². The molecule has 4 nitrogen and oxygen atoms in total. The van der Waals surface area contributed by atoms with Gasteiger partial charge in [-0.3, -0.25) is 9.89 Å². The van der Waals surface area contributed by atoms with Gasteiger partial charge in [-0.1, -0.05) is 18.6 Å². The van der Waals surface area contributed by atoms with Gasteiger partial charge < -0.3 is 10.6 Å². The number of hydrogen-bond acceptors (Lipinski definition) is 2. The SMILES string of the molecule is CN=C(NCCN1CCCCC1C)NCc1ccc(F)cc1. The lowest BCUT2D eigenvalue weighted by Gasteiger charge is -2.33. The van der Waals surface area contributed by atoms with Gasteiger partial charge in [0.1, 0.15) is 5.82 Å². The van der Waals surface area contributed by atoms with Crippen molar-refractivity contribution >= 4 is 5.96 Å². The van der Waals surface area contributed by atoms with E-state index in [1.807, 2.05) is 0 Å². The molecule has 1 unspecified atom stereocenters. The van der Waals surface area contributed by atoms with Crippen LogP contribution in [0.15, 0.2) is 29.3 Å². The third-order valence-corrected chi connectivity index (χ3v) is 4.23. The molecule has 0 spiro atoms. The summed E-state index contributed by atoms with van der Waals surface area (Å²) in [5.41, 5.74) is 1.04. The van der Waals surface area contributed by atoms with E-state index in [1.54, 1.807) is 19.2 Å². The number of guanidine groups is 1. The van der Waals surface area contributed by atoms with Crippen LogP contribution in [0, 0.1) is 5.82 Å². The van der Waals surface area contributed by atoms with E-state index >= 15 is 0 Å². The standard InChI is InChI=1S/C17H27FN4/c1-14-5-3-4-11-22(14)12-10-20-17(19-2)21-13-15-6-8-16(18)9-7-15/h6-9,14H,3-5,10-13H2,1-2H3,(H2,19,20,21). The fourth-order valence-electron chi connectivity index (χ4n) is 2.82. The summed E-state index contributed by atoms with van der Waals surface area (Å²) in [6.45, 7) is 6.07. The average molecular weight is 306 g/mol. The number of benzene rings is 1. The predicted molar refractivity (Wildman–Crippen MR) is 89.5 cm³/mol. The second kappa shape index (κ2) is 8.73. The van der Waals surface area contributed by atoms with Crippen LogP contribution in [0.4, 0.5) is 4.39 Å². The number of halogens is 1. The Morgan fingerprint density at radius 3 is 2.73 bits per heavy atom. The first-order valence-corrected chi connectivity index (χ1v) is 8.12. The normalized spacial score (nSPS) is 20.0. The number of aliphatic imine (C=N–C) groups is 1. The molecule has 122 valence electrons. The minimum absolute atomic E-state index is 0.207. The van der Waals surface area contributed by atoms with Crippen molar-refractivity contribution in [3.8, 4) is 0 Å². The molecule has 0 amide bonds. The van der Waals surface area contributed by atoms with Crippen LogP contribution in [0.25, 0.3) is 0 Å². The Labute approximate surface area is 132 Å². The Kier molecular flexibility index (Phi) is 6.65. The zero-order valence-corrected chi connectivity index (χ0v) is 13.6. The van der Waals surface area contributed by atoms with Crippen LogP contribution in [0.1, 0.15) is 31.7 Å². The largest absolute Gasteiger partial charge is 0.355 e. The van der Waals surface area contributed by atoms with E-state index < -0.39 is 0 Å². The fraction of sp³-hybridized carbons (Fsp3) is 0.588. The summed E-state index contributed by atoms with van der Waals surface area (Å²) in [4.78, 5) is 6.76. The first-order valence-electron chi connectivity index (χ1n) is 8.12. The lowest BCUT2D eigenvalue weighted by molar-refractivity contribution is 0.163. The van der Waals surface area contributed by atoms with Crippen LogP contribution >= 0.6 is 0 Å². The summed E-state index contributed by atoms with van der Waals surface area (Å²) < 4.78 is 12.9. The zero-order chi connectivity index (χ0) is 15.8. The molecule has 2 N–H and O–H groups in total. The summed E-state index contributed by atoms with van der Waals surface area (Å²) in [5.74, 6) is 0.580. The number of nitrogens with one attached hydrogen (secondary N) is 2. The van der Waals surface area contributed by atoms with Gasteiger partial charge in [0.05, 0.1) is 0 Å². The highest BCUT2D eigenvalue weighted by Crippen LogP contribution is 2.15. The highest BCUT2D eigenvalue weighted by molar-refractivity contribution is 5.79. The number of nitrogens with zero attached hydrogens (tertiary/aromatic N) is 2. The topological polar surface area (TPSA) is 39.7 Å². The second-order valence-electron chi connectivity index (χ2n) is 5.86. The lowest BCUT2D eigenvalue weighted by Crippen LogP contribution is -2.45. The molecule has 0 aromatic heterocycles. The lowest BCUT2D eigenvalue weighted by atomic mass is 10.0. The fourth-order valence-corrected chi connectivity index (χ4v) is 2.82. The van der Waals surface area contributed by atoms with Gasteiger partial charge in [0, 0.05) is 32.7 Å². The first-order chi connectivity index (χ1) is 10.7. The molecule has 2 rings (SSSR count). The van der Waals surface area contributed by atoms with Crippen molar-refractivity contribution in [3.63, 3.8) is 0 Å². The van der Waals surface area contributed by atoms with Gasteiger partial charge >= 0.3 is 0 Å². The molecule has 5 heteroatoms. The van der Waals surface area contributed by atoms with Gasteiger partial charge in [-0.05, 0) is 44.0 Å². The Morgan fingerprint density at radius 2 is 2.05 bits per heavy atom. The molecule has 1 saturated heterocycles. The Balaban J connectivity index is 1.69. The van der Waals surface area contributed by atoms with Gasteiger partial charge in [-0.15, -0.1) is 0 Å². The number of likely N-dealkylation sites (tertiary alicyclic amines) is 1. The maximum absolute atomic E-state index is 12.9. The van der Waals surface area contributed by atoms with Crippen molar-refractivity contribution in [2.75, 3.05) is 26.7 Å². The Hall–Kier alpha value is -1.62. The summed E-state index contributed by atoms with van der Waals surface area (Å²) >= 11 is 0. The van der Waals surface area contributed by atoms with E-state index in [-0.39, 0.29) is 5.82 Å². The van der Waals surface area contributed by atoms with E-state index in [4.69, 9.17) is 0 Å². The quantitative estimate of drug-likeness (QED) is 0.648. The van der Waals surface area contributed by atoms with E-state index in [0.717, 1.165) is 24.6 Å². The molecule has 0 saturated carbocycles. The van der Waals surface area contributed by atoms with Crippen LogP contribution in [0.3, 0.4) is 0 Å². The molecule has 0 bridgehead atoms. The van der Waals surface area contributed by atoms with Crippen LogP contribution in [-0.4, -0.2) is 43.6 Å². The van der Waals surface area contributed by atoms with Crippen molar-refractivity contribution in [1.29, 1.82) is 0 Å². The molecule has 0 radical (unpaired) electrons. The molecule has 1 aromatic carbocycles. The molecule has 1 fully saturated rings. The molecular formula is C17H27FN4. The molecule has 1 atom stereocenters. The van der Waals surface area contributed by atoms with Crippen LogP contribution in [0.2, 0.25) is 0 Å². The molecule has 22 heavy (non-hydrogen) atoms. The highest BCUT2D eigenvalue weighted by atomic mass is 19.1. The van der Waals surface area contributed by atoms with Gasteiger partial charge in [-0.25, -0.2) is 4.39 Å². The summed E-state index contributed by atoms with van der Waals surface area (Å²) in [6.07, 6.45) is 3.96. The van der Waals surface area contributed by atoms with E-state index in [1.165, 1.54) is 37.9 Å². The number of piperidine rings is 1. The van der Waals surface area contributed by atoms with Gasteiger partial charge in [-0.2, -0.15) is 0 Å². The Morgan fingerprint density at radius 1 is 1.27 bits per heavy atom. The van der Waals surface area contributed by atoms with E-state index in [0.29, 0.717) is 12.6 Å². The summed E-state index contributed by atoms with van der Waals surface area (Å²) in [6, 6.07) is 7.20. The predicted octanol–water partition coefficient (Wildman–Crippen LogP) is 2.37. The van der Waals surface area contributed by atoms with Gasteiger partial charge in [0.25, 0.3) is 0 Å². The molecule has 1 aliphatic heterocycles. The maximum Gasteiger partial charge on any atom is 0.191 e. The van der Waals surface area contributed by atoms with Crippen molar-refractivity contribution in [3.05, 3.63) is 35.6 Å². The zero-order valence-electron chi connectivity index (χ0n) is 13.6. The summed E-state index contributed by atoms with van der Waals surface area (Å²) in [7, 11) is 1.77. The van der Waals surface area contributed by atoms with Crippen molar-refractivity contribution in [2.45, 2.75) is 38.8 Å². The van der Waals surface area contributed by atoms with Crippen molar-refractivity contribution in [2.24, 2.45) is 4.99 Å². The van der Waals surface area contributed by atoms with Gasteiger partial charge in [0.2, 0.25) is 0 Å². The molecule has 1 aliphatic rings. The first kappa shape index (κ1) is 16.7. The molecule has 1 heterocycles.